The summed E-state index contributed by atoms with van der Waals surface area (Å²) in [4.78, 5) is 11.5. The van der Waals surface area contributed by atoms with Gasteiger partial charge < -0.3 is 30.3 Å². The van der Waals surface area contributed by atoms with Crippen LogP contribution < -0.4 is 20.1 Å². The third-order valence-corrected chi connectivity index (χ3v) is 5.19. The van der Waals surface area contributed by atoms with Gasteiger partial charge in [-0.2, -0.15) is 0 Å². The molecule has 1 saturated carbocycles. The molecule has 7 nitrogen and oxygen atoms in total. The van der Waals surface area contributed by atoms with Gasteiger partial charge in [-0.25, -0.2) is 0 Å². The number of carbonyl (C=O) groups is 1. The highest BCUT2D eigenvalue weighted by Crippen LogP contribution is 2.40. The number of hydrogen-bond donors (Lipinski definition) is 4. The van der Waals surface area contributed by atoms with Crippen molar-refractivity contribution in [2.75, 3.05) is 25.1 Å². The van der Waals surface area contributed by atoms with E-state index in [9.17, 15) is 15.0 Å². The molecule has 2 aromatic carbocycles. The average molecular weight is 405 g/mol. The molecule has 2 aliphatic rings. The molecule has 1 aliphatic carbocycles. The summed E-state index contributed by atoms with van der Waals surface area (Å²) in [6, 6.07) is 10.0. The van der Waals surface area contributed by atoms with Crippen LogP contribution in [0.2, 0.25) is 5.02 Å². The van der Waals surface area contributed by atoms with E-state index in [0.717, 1.165) is 18.6 Å². The third kappa shape index (κ3) is 4.16. The van der Waals surface area contributed by atoms with Gasteiger partial charge in [0.1, 0.15) is 23.9 Å². The molecular formula is C20H21ClN2O5. The lowest BCUT2D eigenvalue weighted by atomic mass is 10.0. The quantitative estimate of drug-likeness (QED) is 0.566. The van der Waals surface area contributed by atoms with Gasteiger partial charge in [0.05, 0.1) is 17.3 Å². The van der Waals surface area contributed by atoms with Crippen molar-refractivity contribution in [1.82, 2.24) is 5.32 Å². The number of aliphatic hydroxyl groups is 1. The maximum absolute atomic E-state index is 11.5. The maximum atomic E-state index is 11.5. The Balaban J connectivity index is 1.38. The highest BCUT2D eigenvalue weighted by atomic mass is 35.5. The lowest BCUT2D eigenvalue weighted by Gasteiger charge is -2.25. The number of nitrogens with one attached hydrogen (secondary N) is 2. The first-order valence-electron chi connectivity index (χ1n) is 9.05. The van der Waals surface area contributed by atoms with Crippen LogP contribution >= 0.6 is 11.6 Å². The summed E-state index contributed by atoms with van der Waals surface area (Å²) in [5, 5.41) is 27.2. The zero-order valence-corrected chi connectivity index (χ0v) is 15.8. The first-order chi connectivity index (χ1) is 13.4. The number of benzene rings is 2. The van der Waals surface area contributed by atoms with Gasteiger partial charge in [-0.15, -0.1) is 0 Å². The molecular weight excluding hydrogens is 384 g/mol. The van der Waals surface area contributed by atoms with Gasteiger partial charge >= 0.3 is 0 Å². The summed E-state index contributed by atoms with van der Waals surface area (Å²) in [6.07, 6.45) is 0.972. The molecule has 1 unspecified atom stereocenters. The molecule has 0 bridgehead atoms. The standard InChI is InChI=1S/C20H21ClN2O5/c21-12-1-3-14(4-2-12)28-11-20(5-6-20)22-9-17(25)15-7-13(24)8-16-19(15)27-10-18(26)23-16/h1-4,7-8,17,22,24-25H,5-6,9-11H2,(H,23,26). The Morgan fingerprint density at radius 1 is 1.29 bits per heavy atom. The van der Waals surface area contributed by atoms with Crippen molar-refractivity contribution >= 4 is 23.2 Å². The topological polar surface area (TPSA) is 100 Å². The summed E-state index contributed by atoms with van der Waals surface area (Å²) in [5.74, 6) is 0.775. The second-order valence-corrected chi connectivity index (χ2v) is 7.60. The van der Waals surface area contributed by atoms with Crippen molar-refractivity contribution in [3.05, 3.63) is 47.0 Å². The van der Waals surface area contributed by atoms with E-state index in [-0.39, 0.29) is 30.3 Å². The number of aliphatic hydroxyl groups excluding tert-OH is 1. The second kappa shape index (κ2) is 7.50. The zero-order chi connectivity index (χ0) is 19.7. The number of rotatable bonds is 7. The van der Waals surface area contributed by atoms with E-state index in [1.165, 1.54) is 12.1 Å². The van der Waals surface area contributed by atoms with E-state index in [1.807, 2.05) is 12.1 Å². The molecule has 0 aromatic heterocycles. The van der Waals surface area contributed by atoms with Crippen LogP contribution in [0.5, 0.6) is 17.2 Å². The fourth-order valence-corrected chi connectivity index (χ4v) is 3.29. The van der Waals surface area contributed by atoms with Crippen molar-refractivity contribution in [2.45, 2.75) is 24.5 Å². The van der Waals surface area contributed by atoms with Gasteiger partial charge in [0, 0.05) is 23.2 Å². The Bertz CT molecular complexity index is 883. The first-order valence-corrected chi connectivity index (χ1v) is 9.43. The number of fused-ring (bicyclic) bond motifs is 1. The number of phenolic OH excluding ortho intramolecular Hbond substituents is 1. The molecule has 1 amide bonds. The molecule has 28 heavy (non-hydrogen) atoms. The van der Waals surface area contributed by atoms with Crippen LogP contribution in [-0.4, -0.2) is 41.4 Å². The number of phenols is 1. The Morgan fingerprint density at radius 3 is 2.75 bits per heavy atom. The molecule has 148 valence electrons. The highest BCUT2D eigenvalue weighted by molar-refractivity contribution is 6.30. The van der Waals surface area contributed by atoms with E-state index in [0.29, 0.717) is 28.6 Å². The number of amides is 1. The average Bonchev–Trinajstić information content (AvgIpc) is 3.45. The summed E-state index contributed by atoms with van der Waals surface area (Å²) in [6.45, 7) is 0.618. The number of β-amino-alcohol motifs (C(OH)–C–C–N with tert-alkyl or cyclic N) is 1. The largest absolute Gasteiger partial charge is 0.508 e. The van der Waals surface area contributed by atoms with Crippen LogP contribution in [-0.2, 0) is 4.79 Å². The van der Waals surface area contributed by atoms with E-state index in [1.54, 1.807) is 12.1 Å². The molecule has 4 N–H and O–H groups in total. The summed E-state index contributed by atoms with van der Waals surface area (Å²) in [5.41, 5.74) is 0.599. The Labute approximate surface area is 167 Å². The minimum absolute atomic E-state index is 0.0502. The Hall–Kier alpha value is -2.48. The molecule has 2 aromatic rings. The summed E-state index contributed by atoms with van der Waals surface area (Å²) in [7, 11) is 0. The third-order valence-electron chi connectivity index (χ3n) is 4.94. The number of aromatic hydroxyl groups is 1. The zero-order valence-electron chi connectivity index (χ0n) is 15.1. The van der Waals surface area contributed by atoms with E-state index >= 15 is 0 Å². The van der Waals surface area contributed by atoms with Crippen molar-refractivity contribution in [2.24, 2.45) is 0 Å². The second-order valence-electron chi connectivity index (χ2n) is 7.17. The fraction of sp³-hybridized carbons (Fsp3) is 0.350. The van der Waals surface area contributed by atoms with E-state index in [4.69, 9.17) is 21.1 Å². The maximum Gasteiger partial charge on any atom is 0.262 e. The minimum Gasteiger partial charge on any atom is -0.508 e. The molecule has 0 saturated heterocycles. The molecule has 1 fully saturated rings. The number of hydrogen-bond acceptors (Lipinski definition) is 6. The number of halogens is 1. The van der Waals surface area contributed by atoms with E-state index < -0.39 is 6.10 Å². The van der Waals surface area contributed by atoms with Gasteiger partial charge in [-0.1, -0.05) is 11.6 Å². The van der Waals surface area contributed by atoms with Crippen molar-refractivity contribution in [1.29, 1.82) is 0 Å². The Morgan fingerprint density at radius 2 is 2.04 bits per heavy atom. The predicted molar refractivity (Wildman–Crippen MR) is 104 cm³/mol. The van der Waals surface area contributed by atoms with Crippen molar-refractivity contribution < 1.29 is 24.5 Å². The molecule has 1 heterocycles. The van der Waals surface area contributed by atoms with Crippen LogP contribution in [0.25, 0.3) is 0 Å². The molecule has 1 atom stereocenters. The fourth-order valence-electron chi connectivity index (χ4n) is 3.16. The summed E-state index contributed by atoms with van der Waals surface area (Å²) < 4.78 is 11.3. The van der Waals surface area contributed by atoms with Crippen LogP contribution in [0.3, 0.4) is 0 Å². The van der Waals surface area contributed by atoms with E-state index in [2.05, 4.69) is 10.6 Å². The highest BCUT2D eigenvalue weighted by Gasteiger charge is 2.43. The minimum atomic E-state index is -0.913. The lowest BCUT2D eigenvalue weighted by Crippen LogP contribution is -2.39. The van der Waals surface area contributed by atoms with Gasteiger partial charge in [0.2, 0.25) is 0 Å². The molecule has 4 rings (SSSR count). The van der Waals surface area contributed by atoms with Crippen LogP contribution in [0.1, 0.15) is 24.5 Å². The van der Waals surface area contributed by atoms with Crippen LogP contribution in [0, 0.1) is 0 Å². The molecule has 1 aliphatic heterocycles. The molecule has 0 spiro atoms. The smallest absolute Gasteiger partial charge is 0.262 e. The number of carbonyl (C=O) groups excluding carboxylic acids is 1. The van der Waals surface area contributed by atoms with Crippen LogP contribution in [0.15, 0.2) is 36.4 Å². The lowest BCUT2D eigenvalue weighted by molar-refractivity contribution is -0.118. The monoisotopic (exact) mass is 404 g/mol. The van der Waals surface area contributed by atoms with Crippen molar-refractivity contribution in [3.63, 3.8) is 0 Å². The van der Waals surface area contributed by atoms with Crippen molar-refractivity contribution in [3.8, 4) is 17.2 Å². The van der Waals surface area contributed by atoms with Gasteiger partial charge in [-0.3, -0.25) is 4.79 Å². The SMILES string of the molecule is O=C1COc2c(cc(O)cc2C(O)CNC2(COc3ccc(Cl)cc3)CC2)N1. The van der Waals surface area contributed by atoms with Crippen LogP contribution in [0.4, 0.5) is 5.69 Å². The molecule has 8 heteroatoms. The number of ether oxygens (including phenoxy) is 2. The van der Waals surface area contributed by atoms with Gasteiger partial charge in [0.15, 0.2) is 6.61 Å². The normalized spacial score (nSPS) is 17.9. The Kier molecular flexibility index (Phi) is 5.05. The molecule has 0 radical (unpaired) electrons. The summed E-state index contributed by atoms with van der Waals surface area (Å²) >= 11 is 5.88. The van der Waals surface area contributed by atoms with Gasteiger partial charge in [-0.05, 0) is 43.2 Å². The first kappa shape index (κ1) is 18.9. The predicted octanol–water partition coefficient (Wildman–Crippen LogP) is 2.61. The van der Waals surface area contributed by atoms with Gasteiger partial charge in [0.25, 0.3) is 5.91 Å². The number of anilines is 1.